The third-order valence-corrected chi connectivity index (χ3v) is 5.34. The molecule has 0 aliphatic carbocycles. The second-order valence-electron chi connectivity index (χ2n) is 7.43. The van der Waals surface area contributed by atoms with Gasteiger partial charge in [0.25, 0.3) is 11.8 Å². The predicted molar refractivity (Wildman–Crippen MR) is 110 cm³/mol. The van der Waals surface area contributed by atoms with Gasteiger partial charge in [0.2, 0.25) is 0 Å². The topological polar surface area (TPSA) is 91.0 Å². The van der Waals surface area contributed by atoms with Crippen LogP contribution in [0, 0.1) is 12.7 Å². The number of aryl methyl sites for hydroxylation is 1. The van der Waals surface area contributed by atoms with Crippen LogP contribution in [0.3, 0.4) is 0 Å². The normalized spacial score (nSPS) is 16.3. The van der Waals surface area contributed by atoms with E-state index in [4.69, 9.17) is 0 Å². The number of nitrogens with one attached hydrogen (secondary N) is 2. The number of rotatable bonds is 4. The standard InChI is InChI=1S/C22H22FN5O2/c1-14-19(12-25-27-14)22(30)28-10-2-3-16(13-28)20-9-4-15(11-24-20)21(29)26-18-7-5-17(23)6-8-18/h4-9,11-12,16H,2-3,10,13H2,1H3,(H,25,27)(H,26,29). The Kier molecular flexibility index (Phi) is 5.56. The summed E-state index contributed by atoms with van der Waals surface area (Å²) >= 11 is 0. The van der Waals surface area contributed by atoms with Crippen LogP contribution in [0.15, 0.2) is 48.8 Å². The average molecular weight is 407 g/mol. The Morgan fingerprint density at radius 2 is 1.97 bits per heavy atom. The summed E-state index contributed by atoms with van der Waals surface area (Å²) in [5.74, 6) is -0.580. The van der Waals surface area contributed by atoms with E-state index in [1.165, 1.54) is 30.5 Å². The van der Waals surface area contributed by atoms with Gasteiger partial charge in [-0.1, -0.05) is 0 Å². The highest BCUT2D eigenvalue weighted by atomic mass is 19.1. The number of halogens is 1. The Morgan fingerprint density at radius 1 is 1.17 bits per heavy atom. The molecule has 3 aromatic rings. The summed E-state index contributed by atoms with van der Waals surface area (Å²) in [6, 6.07) is 9.15. The number of H-pyrrole nitrogens is 1. The second-order valence-corrected chi connectivity index (χ2v) is 7.43. The summed E-state index contributed by atoms with van der Waals surface area (Å²) in [5.41, 5.74) is 3.14. The summed E-state index contributed by atoms with van der Waals surface area (Å²) in [6.07, 6.45) is 4.92. The first-order valence-electron chi connectivity index (χ1n) is 9.83. The second kappa shape index (κ2) is 8.44. The van der Waals surface area contributed by atoms with E-state index < -0.39 is 0 Å². The molecule has 1 fully saturated rings. The van der Waals surface area contributed by atoms with E-state index in [0.717, 1.165) is 24.2 Å². The van der Waals surface area contributed by atoms with Crippen molar-refractivity contribution in [3.05, 3.63) is 77.1 Å². The maximum absolute atomic E-state index is 13.0. The van der Waals surface area contributed by atoms with Crippen LogP contribution in [0.1, 0.15) is 50.9 Å². The smallest absolute Gasteiger partial charge is 0.257 e. The lowest BCUT2D eigenvalue weighted by Crippen LogP contribution is -2.39. The molecule has 2 N–H and O–H groups in total. The molecule has 154 valence electrons. The quantitative estimate of drug-likeness (QED) is 0.692. The van der Waals surface area contributed by atoms with Gasteiger partial charge in [0.05, 0.1) is 17.3 Å². The van der Waals surface area contributed by atoms with Crippen LogP contribution in [-0.4, -0.2) is 45.0 Å². The molecule has 1 atom stereocenters. The minimum atomic E-state index is -0.359. The Bertz CT molecular complexity index is 1050. The van der Waals surface area contributed by atoms with Crippen LogP contribution in [-0.2, 0) is 0 Å². The van der Waals surface area contributed by atoms with Crippen molar-refractivity contribution in [2.24, 2.45) is 0 Å². The minimum absolute atomic E-state index is 0.0266. The van der Waals surface area contributed by atoms with E-state index in [9.17, 15) is 14.0 Å². The van der Waals surface area contributed by atoms with Crippen LogP contribution in [0.25, 0.3) is 0 Å². The van der Waals surface area contributed by atoms with Crippen molar-refractivity contribution in [2.45, 2.75) is 25.7 Å². The van der Waals surface area contributed by atoms with E-state index in [0.29, 0.717) is 29.9 Å². The summed E-state index contributed by atoms with van der Waals surface area (Å²) in [5, 5.41) is 9.46. The van der Waals surface area contributed by atoms with E-state index in [2.05, 4.69) is 20.5 Å². The van der Waals surface area contributed by atoms with Gasteiger partial charge in [0.15, 0.2) is 0 Å². The van der Waals surface area contributed by atoms with Gasteiger partial charge in [0.1, 0.15) is 5.82 Å². The first-order chi connectivity index (χ1) is 14.5. The number of hydrogen-bond acceptors (Lipinski definition) is 4. The molecule has 0 saturated carbocycles. The molecule has 1 aliphatic heterocycles. The molecule has 2 amide bonds. The van der Waals surface area contributed by atoms with Crippen LogP contribution in [0.4, 0.5) is 10.1 Å². The number of carbonyl (C=O) groups is 2. The fraction of sp³-hybridized carbons (Fsp3) is 0.273. The monoisotopic (exact) mass is 407 g/mol. The number of likely N-dealkylation sites (tertiary alicyclic amines) is 1. The van der Waals surface area contributed by atoms with Crippen LogP contribution in [0.2, 0.25) is 0 Å². The van der Waals surface area contributed by atoms with Gasteiger partial charge in [-0.2, -0.15) is 5.10 Å². The average Bonchev–Trinajstić information content (AvgIpc) is 3.21. The number of aromatic nitrogens is 3. The van der Waals surface area contributed by atoms with Crippen molar-refractivity contribution < 1.29 is 14.0 Å². The summed E-state index contributed by atoms with van der Waals surface area (Å²) in [6.45, 7) is 3.12. The van der Waals surface area contributed by atoms with Crippen molar-refractivity contribution in [3.8, 4) is 0 Å². The predicted octanol–water partition coefficient (Wildman–Crippen LogP) is 3.52. The molecular formula is C22H22FN5O2. The number of carbonyl (C=O) groups excluding carboxylic acids is 2. The van der Waals surface area contributed by atoms with Crippen molar-refractivity contribution >= 4 is 17.5 Å². The summed E-state index contributed by atoms with van der Waals surface area (Å²) in [4.78, 5) is 31.5. The molecule has 1 aromatic carbocycles. The maximum Gasteiger partial charge on any atom is 0.257 e. The number of pyridine rings is 1. The molecule has 30 heavy (non-hydrogen) atoms. The Balaban J connectivity index is 1.42. The van der Waals surface area contributed by atoms with E-state index in [-0.39, 0.29) is 23.5 Å². The maximum atomic E-state index is 13.0. The van der Waals surface area contributed by atoms with Crippen molar-refractivity contribution in [2.75, 3.05) is 18.4 Å². The molecule has 3 heterocycles. The highest BCUT2D eigenvalue weighted by Crippen LogP contribution is 2.27. The van der Waals surface area contributed by atoms with E-state index in [1.54, 1.807) is 12.3 Å². The third-order valence-electron chi connectivity index (χ3n) is 5.34. The zero-order valence-corrected chi connectivity index (χ0v) is 16.6. The zero-order chi connectivity index (χ0) is 21.1. The lowest BCUT2D eigenvalue weighted by molar-refractivity contribution is 0.0705. The third kappa shape index (κ3) is 4.22. The number of nitrogens with zero attached hydrogens (tertiary/aromatic N) is 3. The molecule has 2 aromatic heterocycles. The molecule has 8 heteroatoms. The zero-order valence-electron chi connectivity index (χ0n) is 16.6. The van der Waals surface area contributed by atoms with Crippen LogP contribution in [0.5, 0.6) is 0 Å². The SMILES string of the molecule is Cc1[nH]ncc1C(=O)N1CCCC(c2ccc(C(=O)Nc3ccc(F)cc3)cn2)C1. The first kappa shape index (κ1) is 19.8. The molecule has 0 spiro atoms. The summed E-state index contributed by atoms with van der Waals surface area (Å²) in [7, 11) is 0. The molecule has 4 rings (SSSR count). The number of amides is 2. The molecule has 0 radical (unpaired) electrons. The van der Waals surface area contributed by atoms with Gasteiger partial charge >= 0.3 is 0 Å². The fourth-order valence-corrected chi connectivity index (χ4v) is 3.66. The molecule has 0 bridgehead atoms. The van der Waals surface area contributed by atoms with Gasteiger partial charge in [-0.25, -0.2) is 4.39 Å². The lowest BCUT2D eigenvalue weighted by Gasteiger charge is -2.32. The largest absolute Gasteiger partial charge is 0.338 e. The summed E-state index contributed by atoms with van der Waals surface area (Å²) < 4.78 is 13.0. The molecule has 7 nitrogen and oxygen atoms in total. The molecule has 1 unspecified atom stereocenters. The van der Waals surface area contributed by atoms with Crippen molar-refractivity contribution in [1.29, 1.82) is 0 Å². The van der Waals surface area contributed by atoms with Crippen molar-refractivity contribution in [1.82, 2.24) is 20.1 Å². The van der Waals surface area contributed by atoms with Crippen molar-refractivity contribution in [3.63, 3.8) is 0 Å². The van der Waals surface area contributed by atoms with E-state index >= 15 is 0 Å². The highest BCUT2D eigenvalue weighted by Gasteiger charge is 2.27. The molecule has 1 saturated heterocycles. The fourth-order valence-electron chi connectivity index (χ4n) is 3.66. The number of hydrogen-bond donors (Lipinski definition) is 2. The van der Waals surface area contributed by atoms with Gasteiger partial charge in [0, 0.05) is 42.3 Å². The van der Waals surface area contributed by atoms with Crippen LogP contribution >= 0.6 is 0 Å². The van der Waals surface area contributed by atoms with Gasteiger partial charge in [-0.3, -0.25) is 19.7 Å². The number of piperidine rings is 1. The van der Waals surface area contributed by atoms with Gasteiger partial charge in [-0.15, -0.1) is 0 Å². The number of aromatic amines is 1. The molecular weight excluding hydrogens is 385 g/mol. The highest BCUT2D eigenvalue weighted by molar-refractivity contribution is 6.04. The van der Waals surface area contributed by atoms with Gasteiger partial charge < -0.3 is 10.2 Å². The Morgan fingerprint density at radius 3 is 2.63 bits per heavy atom. The number of anilines is 1. The lowest BCUT2D eigenvalue weighted by atomic mass is 9.93. The minimum Gasteiger partial charge on any atom is -0.338 e. The van der Waals surface area contributed by atoms with E-state index in [1.807, 2.05) is 17.9 Å². The Hall–Kier alpha value is -3.55. The van der Waals surface area contributed by atoms with Gasteiger partial charge in [-0.05, 0) is 56.2 Å². The Labute approximate surface area is 173 Å². The first-order valence-corrected chi connectivity index (χ1v) is 9.83. The molecule has 1 aliphatic rings. The number of benzene rings is 1. The van der Waals surface area contributed by atoms with Crippen LogP contribution < -0.4 is 5.32 Å².